The SMILES string of the molecule is CC(C(=O)NCCS(=O)(=O)NCC1CCC1)C(N)c1ccccc1.Cl. The predicted molar refractivity (Wildman–Crippen MR) is 102 cm³/mol. The van der Waals surface area contributed by atoms with Crippen LogP contribution in [-0.2, 0) is 14.8 Å². The predicted octanol–water partition coefficient (Wildman–Crippen LogP) is 1.58. The Labute approximate surface area is 156 Å². The van der Waals surface area contributed by atoms with Gasteiger partial charge in [0.15, 0.2) is 0 Å². The molecule has 1 aliphatic carbocycles. The van der Waals surface area contributed by atoms with Crippen LogP contribution in [0.5, 0.6) is 0 Å². The third-order valence-corrected chi connectivity index (χ3v) is 5.97. The molecule has 0 spiro atoms. The molecule has 0 radical (unpaired) electrons. The van der Waals surface area contributed by atoms with Crippen LogP contribution in [0.1, 0.15) is 37.8 Å². The van der Waals surface area contributed by atoms with E-state index < -0.39 is 22.0 Å². The van der Waals surface area contributed by atoms with Crippen molar-refractivity contribution in [2.75, 3.05) is 18.8 Å². The molecular formula is C17H28ClN3O3S. The van der Waals surface area contributed by atoms with Crippen molar-refractivity contribution in [3.8, 4) is 0 Å². The van der Waals surface area contributed by atoms with Crippen LogP contribution in [0.25, 0.3) is 0 Å². The molecule has 1 aliphatic rings. The first-order valence-corrected chi connectivity index (χ1v) is 10.1. The molecule has 0 saturated heterocycles. The zero-order valence-corrected chi connectivity index (χ0v) is 16.1. The fourth-order valence-electron chi connectivity index (χ4n) is 2.61. The minimum atomic E-state index is -3.34. The van der Waals surface area contributed by atoms with Crippen molar-refractivity contribution >= 4 is 28.3 Å². The Bertz CT molecular complexity index is 636. The number of carbonyl (C=O) groups is 1. The lowest BCUT2D eigenvalue weighted by molar-refractivity contribution is -0.125. The Morgan fingerprint density at radius 1 is 1.28 bits per heavy atom. The van der Waals surface area contributed by atoms with E-state index >= 15 is 0 Å². The standard InChI is InChI=1S/C17H27N3O3S.ClH/c1-13(16(18)15-8-3-2-4-9-15)17(21)19-10-11-24(22,23)20-12-14-6-5-7-14;/h2-4,8-9,13-14,16,20H,5-7,10-12,18H2,1H3,(H,19,21);1H. The first-order chi connectivity index (χ1) is 11.4. The van der Waals surface area contributed by atoms with Crippen LogP contribution in [0.15, 0.2) is 30.3 Å². The topological polar surface area (TPSA) is 101 Å². The van der Waals surface area contributed by atoms with Gasteiger partial charge in [0.1, 0.15) is 0 Å². The van der Waals surface area contributed by atoms with Gasteiger partial charge in [-0.1, -0.05) is 43.7 Å². The summed E-state index contributed by atoms with van der Waals surface area (Å²) in [5.41, 5.74) is 6.99. The van der Waals surface area contributed by atoms with Crippen molar-refractivity contribution < 1.29 is 13.2 Å². The number of hydrogen-bond donors (Lipinski definition) is 3. The largest absolute Gasteiger partial charge is 0.355 e. The van der Waals surface area contributed by atoms with Gasteiger partial charge in [0, 0.05) is 19.1 Å². The van der Waals surface area contributed by atoms with Gasteiger partial charge in [0.2, 0.25) is 15.9 Å². The van der Waals surface area contributed by atoms with E-state index in [-0.39, 0.29) is 30.6 Å². The number of rotatable bonds is 9. The number of amides is 1. The van der Waals surface area contributed by atoms with Crippen LogP contribution < -0.4 is 15.8 Å². The molecule has 1 saturated carbocycles. The van der Waals surface area contributed by atoms with Gasteiger partial charge in [0.25, 0.3) is 0 Å². The van der Waals surface area contributed by atoms with E-state index in [0.29, 0.717) is 12.5 Å². The van der Waals surface area contributed by atoms with E-state index in [0.717, 1.165) is 18.4 Å². The Morgan fingerprint density at radius 3 is 2.48 bits per heavy atom. The van der Waals surface area contributed by atoms with Crippen LogP contribution >= 0.6 is 12.4 Å². The smallest absolute Gasteiger partial charge is 0.224 e. The number of halogens is 1. The third kappa shape index (κ3) is 6.93. The number of benzene rings is 1. The third-order valence-electron chi connectivity index (χ3n) is 4.62. The van der Waals surface area contributed by atoms with Crippen LogP contribution in [0.2, 0.25) is 0 Å². The van der Waals surface area contributed by atoms with Crippen molar-refractivity contribution in [2.24, 2.45) is 17.6 Å². The minimum Gasteiger partial charge on any atom is -0.355 e. The molecule has 2 atom stereocenters. The number of carbonyl (C=O) groups excluding carboxylic acids is 1. The maximum Gasteiger partial charge on any atom is 0.224 e. The maximum atomic E-state index is 12.2. The minimum absolute atomic E-state index is 0. The van der Waals surface area contributed by atoms with Gasteiger partial charge in [-0.15, -0.1) is 12.4 Å². The summed E-state index contributed by atoms with van der Waals surface area (Å²) < 4.78 is 26.4. The number of sulfonamides is 1. The number of hydrogen-bond acceptors (Lipinski definition) is 4. The summed E-state index contributed by atoms with van der Waals surface area (Å²) in [5.74, 6) is -0.310. The average Bonchev–Trinajstić information content (AvgIpc) is 2.52. The van der Waals surface area contributed by atoms with E-state index in [9.17, 15) is 13.2 Å². The van der Waals surface area contributed by atoms with Gasteiger partial charge in [0.05, 0.1) is 11.7 Å². The monoisotopic (exact) mass is 389 g/mol. The first kappa shape index (κ1) is 21.9. The quantitative estimate of drug-likeness (QED) is 0.596. The molecule has 1 fully saturated rings. The second kappa shape index (κ2) is 10.1. The summed E-state index contributed by atoms with van der Waals surface area (Å²) in [6.45, 7) is 2.34. The van der Waals surface area contributed by atoms with Gasteiger partial charge in [-0.2, -0.15) is 0 Å². The molecule has 2 unspecified atom stereocenters. The van der Waals surface area contributed by atoms with Gasteiger partial charge < -0.3 is 11.1 Å². The van der Waals surface area contributed by atoms with Crippen LogP contribution in [-0.4, -0.2) is 33.2 Å². The second-order valence-corrected chi connectivity index (χ2v) is 8.41. The van der Waals surface area contributed by atoms with Crippen molar-refractivity contribution in [1.82, 2.24) is 10.0 Å². The molecule has 2 rings (SSSR count). The Hall–Kier alpha value is -1.15. The van der Waals surface area contributed by atoms with E-state index in [4.69, 9.17) is 5.73 Å². The second-order valence-electron chi connectivity index (χ2n) is 6.48. The summed E-state index contributed by atoms with van der Waals surface area (Å²) in [6.07, 6.45) is 3.37. The summed E-state index contributed by atoms with van der Waals surface area (Å²) in [7, 11) is -3.34. The first-order valence-electron chi connectivity index (χ1n) is 8.44. The molecule has 25 heavy (non-hydrogen) atoms. The molecule has 0 heterocycles. The van der Waals surface area contributed by atoms with Gasteiger partial charge in [-0.25, -0.2) is 13.1 Å². The molecule has 0 aromatic heterocycles. The van der Waals surface area contributed by atoms with E-state index in [1.807, 2.05) is 30.3 Å². The maximum absolute atomic E-state index is 12.2. The zero-order chi connectivity index (χ0) is 17.6. The highest BCUT2D eigenvalue weighted by atomic mass is 35.5. The molecule has 0 bridgehead atoms. The van der Waals surface area contributed by atoms with Crippen LogP contribution in [0.4, 0.5) is 0 Å². The summed E-state index contributed by atoms with van der Waals surface area (Å²) >= 11 is 0. The van der Waals surface area contributed by atoms with Crippen molar-refractivity contribution in [1.29, 1.82) is 0 Å². The fourth-order valence-corrected chi connectivity index (χ4v) is 3.62. The highest BCUT2D eigenvalue weighted by Crippen LogP contribution is 2.25. The number of nitrogens with one attached hydrogen (secondary N) is 2. The lowest BCUT2D eigenvalue weighted by Crippen LogP contribution is -2.40. The average molecular weight is 390 g/mol. The molecule has 8 heteroatoms. The van der Waals surface area contributed by atoms with Gasteiger partial charge >= 0.3 is 0 Å². The fraction of sp³-hybridized carbons (Fsp3) is 0.588. The Morgan fingerprint density at radius 2 is 1.92 bits per heavy atom. The van der Waals surface area contributed by atoms with Gasteiger partial charge in [-0.05, 0) is 24.3 Å². The van der Waals surface area contributed by atoms with Crippen LogP contribution in [0.3, 0.4) is 0 Å². The summed E-state index contributed by atoms with van der Waals surface area (Å²) in [4.78, 5) is 12.2. The molecule has 4 N–H and O–H groups in total. The van der Waals surface area contributed by atoms with Crippen LogP contribution in [0, 0.1) is 11.8 Å². The van der Waals surface area contributed by atoms with E-state index in [1.54, 1.807) is 6.92 Å². The number of nitrogens with two attached hydrogens (primary N) is 1. The molecule has 142 valence electrons. The molecule has 6 nitrogen and oxygen atoms in total. The highest BCUT2D eigenvalue weighted by molar-refractivity contribution is 7.89. The highest BCUT2D eigenvalue weighted by Gasteiger charge is 2.23. The van der Waals surface area contributed by atoms with E-state index in [1.165, 1.54) is 6.42 Å². The zero-order valence-electron chi connectivity index (χ0n) is 14.5. The summed E-state index contributed by atoms with van der Waals surface area (Å²) in [5, 5.41) is 2.67. The van der Waals surface area contributed by atoms with Crippen molar-refractivity contribution in [3.05, 3.63) is 35.9 Å². The molecule has 1 amide bonds. The molecule has 1 aromatic rings. The normalized spacial score (nSPS) is 17.0. The Kier molecular flexibility index (Phi) is 8.85. The van der Waals surface area contributed by atoms with Crippen molar-refractivity contribution in [3.63, 3.8) is 0 Å². The molecule has 0 aliphatic heterocycles. The molecular weight excluding hydrogens is 362 g/mol. The Balaban J connectivity index is 0.00000312. The molecule has 1 aromatic carbocycles. The van der Waals surface area contributed by atoms with E-state index in [2.05, 4.69) is 10.0 Å². The lowest BCUT2D eigenvalue weighted by atomic mass is 9.86. The van der Waals surface area contributed by atoms with Crippen molar-refractivity contribution in [2.45, 2.75) is 32.2 Å². The lowest BCUT2D eigenvalue weighted by Gasteiger charge is -2.25. The van der Waals surface area contributed by atoms with Gasteiger partial charge in [-0.3, -0.25) is 4.79 Å². The summed E-state index contributed by atoms with van der Waals surface area (Å²) in [6, 6.07) is 8.98.